The van der Waals surface area contributed by atoms with E-state index in [1.165, 1.54) is 0 Å². The van der Waals surface area contributed by atoms with Crippen molar-refractivity contribution in [1.82, 2.24) is 0 Å². The Kier molecular flexibility index (Phi) is 4.17. The first kappa shape index (κ1) is 14.0. The summed E-state index contributed by atoms with van der Waals surface area (Å²) in [7, 11) is 0. The monoisotopic (exact) mass is 255 g/mol. The molecule has 0 amide bonds. The third-order valence-electron chi connectivity index (χ3n) is 2.15. The Morgan fingerprint density at radius 3 is 2.47 bits per heavy atom. The van der Waals surface area contributed by atoms with Crippen LogP contribution in [-0.4, -0.2) is 11.6 Å². The number of hydrogen-bond donors (Lipinski definition) is 1. The zero-order valence-electron chi connectivity index (χ0n) is 10.6. The normalized spacial score (nSPS) is 13.3. The van der Waals surface area contributed by atoms with Gasteiger partial charge < -0.3 is 10.5 Å². The summed E-state index contributed by atoms with van der Waals surface area (Å²) in [5.74, 6) is -0.469. The zero-order valence-corrected chi connectivity index (χ0v) is 11.3. The standard InChI is InChI=1S/C13H18ClNO2/c1-8-5-6-9(10(14)7-8)11(15)12(16)17-13(2,3)4/h5-7,11H,15H2,1-4H3. The van der Waals surface area contributed by atoms with Crippen molar-refractivity contribution in [3.05, 3.63) is 34.3 Å². The number of carbonyl (C=O) groups excluding carboxylic acids is 1. The highest BCUT2D eigenvalue weighted by Crippen LogP contribution is 2.24. The van der Waals surface area contributed by atoms with E-state index >= 15 is 0 Å². The van der Waals surface area contributed by atoms with Crippen LogP contribution >= 0.6 is 11.6 Å². The van der Waals surface area contributed by atoms with Crippen LogP contribution in [0.5, 0.6) is 0 Å². The molecule has 17 heavy (non-hydrogen) atoms. The van der Waals surface area contributed by atoms with Gasteiger partial charge >= 0.3 is 5.97 Å². The minimum Gasteiger partial charge on any atom is -0.459 e. The predicted molar refractivity (Wildman–Crippen MR) is 69.0 cm³/mol. The predicted octanol–water partition coefficient (Wildman–Crippen LogP) is 2.99. The molecule has 1 rings (SSSR count). The first-order valence-electron chi connectivity index (χ1n) is 5.45. The number of halogens is 1. The van der Waals surface area contributed by atoms with Gasteiger partial charge in [-0.2, -0.15) is 0 Å². The first-order chi connectivity index (χ1) is 7.70. The lowest BCUT2D eigenvalue weighted by Gasteiger charge is -2.22. The summed E-state index contributed by atoms with van der Waals surface area (Å²) in [6, 6.07) is 4.56. The second kappa shape index (κ2) is 5.07. The van der Waals surface area contributed by atoms with E-state index in [2.05, 4.69) is 0 Å². The molecule has 0 saturated carbocycles. The number of ether oxygens (including phenoxy) is 1. The Bertz CT molecular complexity index is 424. The minimum atomic E-state index is -0.845. The van der Waals surface area contributed by atoms with Crippen LogP contribution in [0, 0.1) is 6.92 Å². The number of hydrogen-bond acceptors (Lipinski definition) is 3. The third-order valence-corrected chi connectivity index (χ3v) is 2.48. The van der Waals surface area contributed by atoms with Crippen molar-refractivity contribution < 1.29 is 9.53 Å². The number of rotatable bonds is 2. The first-order valence-corrected chi connectivity index (χ1v) is 5.83. The van der Waals surface area contributed by atoms with Gasteiger partial charge in [-0.15, -0.1) is 0 Å². The molecule has 0 aliphatic rings. The molecule has 0 aliphatic heterocycles. The number of benzene rings is 1. The molecule has 1 unspecified atom stereocenters. The molecule has 4 heteroatoms. The largest absolute Gasteiger partial charge is 0.459 e. The van der Waals surface area contributed by atoms with Crippen molar-refractivity contribution in [1.29, 1.82) is 0 Å². The lowest BCUT2D eigenvalue weighted by atomic mass is 10.1. The van der Waals surface area contributed by atoms with Crippen LogP contribution in [0.4, 0.5) is 0 Å². The van der Waals surface area contributed by atoms with Crippen molar-refractivity contribution in [3.8, 4) is 0 Å². The fraction of sp³-hybridized carbons (Fsp3) is 0.462. The molecule has 1 atom stereocenters. The number of esters is 1. The van der Waals surface area contributed by atoms with Crippen LogP contribution in [0.3, 0.4) is 0 Å². The summed E-state index contributed by atoms with van der Waals surface area (Å²) in [5.41, 5.74) is 6.90. The van der Waals surface area contributed by atoms with E-state index in [0.717, 1.165) is 5.56 Å². The summed E-state index contributed by atoms with van der Waals surface area (Å²) >= 11 is 6.05. The van der Waals surface area contributed by atoms with E-state index < -0.39 is 17.6 Å². The van der Waals surface area contributed by atoms with Gasteiger partial charge in [-0.25, -0.2) is 4.79 Å². The lowest BCUT2D eigenvalue weighted by molar-refractivity contribution is -0.156. The highest BCUT2D eigenvalue weighted by atomic mass is 35.5. The van der Waals surface area contributed by atoms with E-state index in [1.54, 1.807) is 32.9 Å². The van der Waals surface area contributed by atoms with Crippen molar-refractivity contribution in [3.63, 3.8) is 0 Å². The van der Waals surface area contributed by atoms with Crippen molar-refractivity contribution in [2.45, 2.75) is 39.3 Å². The maximum atomic E-state index is 11.8. The van der Waals surface area contributed by atoms with Gasteiger partial charge in [0.1, 0.15) is 11.6 Å². The second-order valence-electron chi connectivity index (χ2n) is 5.04. The minimum absolute atomic E-state index is 0.469. The van der Waals surface area contributed by atoms with Gasteiger partial charge in [0.25, 0.3) is 0 Å². The second-order valence-corrected chi connectivity index (χ2v) is 5.44. The Labute approximate surface area is 107 Å². The van der Waals surface area contributed by atoms with Gasteiger partial charge in [-0.1, -0.05) is 23.7 Å². The van der Waals surface area contributed by atoms with E-state index in [9.17, 15) is 4.79 Å². The molecule has 3 nitrogen and oxygen atoms in total. The van der Waals surface area contributed by atoms with Crippen molar-refractivity contribution in [2.24, 2.45) is 5.73 Å². The van der Waals surface area contributed by atoms with Gasteiger partial charge in [-0.05, 0) is 44.9 Å². The lowest BCUT2D eigenvalue weighted by Crippen LogP contribution is -2.31. The van der Waals surface area contributed by atoms with Crippen LogP contribution in [-0.2, 0) is 9.53 Å². The number of carbonyl (C=O) groups is 1. The summed E-state index contributed by atoms with van der Waals surface area (Å²) in [6.45, 7) is 7.33. The number of nitrogens with two attached hydrogens (primary N) is 1. The average molecular weight is 256 g/mol. The van der Waals surface area contributed by atoms with Crippen molar-refractivity contribution in [2.75, 3.05) is 0 Å². The highest BCUT2D eigenvalue weighted by molar-refractivity contribution is 6.31. The Morgan fingerprint density at radius 2 is 2.00 bits per heavy atom. The van der Waals surface area contributed by atoms with E-state index in [1.807, 2.05) is 13.0 Å². The Balaban J connectivity index is 2.89. The molecule has 94 valence electrons. The van der Waals surface area contributed by atoms with Crippen molar-refractivity contribution >= 4 is 17.6 Å². The molecule has 0 radical (unpaired) electrons. The maximum absolute atomic E-state index is 11.8. The molecule has 0 saturated heterocycles. The summed E-state index contributed by atoms with van der Waals surface area (Å²) in [4.78, 5) is 11.8. The molecule has 0 aliphatic carbocycles. The van der Waals surface area contributed by atoms with E-state index in [4.69, 9.17) is 22.1 Å². The molecule has 0 heterocycles. The molecule has 1 aromatic rings. The zero-order chi connectivity index (χ0) is 13.2. The van der Waals surface area contributed by atoms with Crippen LogP contribution in [0.1, 0.15) is 37.9 Å². The molecule has 0 fully saturated rings. The van der Waals surface area contributed by atoms with Crippen LogP contribution in [0.25, 0.3) is 0 Å². The van der Waals surface area contributed by atoms with Gasteiger partial charge in [-0.3, -0.25) is 0 Å². The SMILES string of the molecule is Cc1ccc(C(N)C(=O)OC(C)(C)C)c(Cl)c1. The average Bonchev–Trinajstić information content (AvgIpc) is 2.14. The quantitative estimate of drug-likeness (QED) is 0.827. The third kappa shape index (κ3) is 4.02. The van der Waals surface area contributed by atoms with E-state index in [0.29, 0.717) is 10.6 Å². The molecule has 1 aromatic carbocycles. The number of aryl methyl sites for hydroxylation is 1. The smallest absolute Gasteiger partial charge is 0.328 e. The maximum Gasteiger partial charge on any atom is 0.328 e. The van der Waals surface area contributed by atoms with Crippen LogP contribution < -0.4 is 5.73 Å². The molecular weight excluding hydrogens is 238 g/mol. The molecular formula is C13H18ClNO2. The molecule has 0 aromatic heterocycles. The van der Waals surface area contributed by atoms with Gasteiger partial charge in [0.2, 0.25) is 0 Å². The molecule has 0 spiro atoms. The Morgan fingerprint density at radius 1 is 1.41 bits per heavy atom. The van der Waals surface area contributed by atoms with Gasteiger partial charge in [0.15, 0.2) is 0 Å². The fourth-order valence-corrected chi connectivity index (χ4v) is 1.73. The van der Waals surface area contributed by atoms with Gasteiger partial charge in [0, 0.05) is 5.02 Å². The fourth-order valence-electron chi connectivity index (χ4n) is 1.38. The molecule has 2 N–H and O–H groups in total. The molecule has 0 bridgehead atoms. The Hall–Kier alpha value is -1.06. The van der Waals surface area contributed by atoms with Crippen LogP contribution in [0.15, 0.2) is 18.2 Å². The van der Waals surface area contributed by atoms with Crippen LogP contribution in [0.2, 0.25) is 5.02 Å². The summed E-state index contributed by atoms with van der Waals surface area (Å²) < 4.78 is 5.22. The van der Waals surface area contributed by atoms with Gasteiger partial charge in [0.05, 0.1) is 0 Å². The van der Waals surface area contributed by atoms with E-state index in [-0.39, 0.29) is 0 Å². The highest BCUT2D eigenvalue weighted by Gasteiger charge is 2.24. The summed E-state index contributed by atoms with van der Waals surface area (Å²) in [6.07, 6.45) is 0. The summed E-state index contributed by atoms with van der Waals surface area (Å²) in [5, 5.41) is 0.489. The topological polar surface area (TPSA) is 52.3 Å².